The molecule has 0 radical (unpaired) electrons. The molecule has 28 heavy (non-hydrogen) atoms. The van der Waals surface area contributed by atoms with E-state index in [4.69, 9.17) is 0 Å². The fraction of sp³-hybridized carbons (Fsp3) is 0.143. The van der Waals surface area contributed by atoms with Gasteiger partial charge in [0.1, 0.15) is 20.2 Å². The summed E-state index contributed by atoms with van der Waals surface area (Å²) in [5.41, 5.74) is -1.29. The monoisotopic (exact) mass is 448 g/mol. The van der Waals surface area contributed by atoms with Crippen LogP contribution in [-0.4, -0.2) is 52.1 Å². The van der Waals surface area contributed by atoms with Crippen LogP contribution in [0.1, 0.15) is 20.7 Å². The number of carbonyl (C=O) groups excluding carboxylic acids is 2. The summed E-state index contributed by atoms with van der Waals surface area (Å²) in [6.45, 7) is 0. The summed E-state index contributed by atoms with van der Waals surface area (Å²) in [5, 5.41) is -1.05. The number of carbonyl (C=O) groups is 2. The Balaban J connectivity index is 0.00000364. The average molecular weight is 448 g/mol. The van der Waals surface area contributed by atoms with Gasteiger partial charge in [-0.1, -0.05) is 12.1 Å². The molecular formula is C14H10Na2O10S2. The molecule has 10 nitrogen and oxygen atoms in total. The molecule has 0 fully saturated rings. The summed E-state index contributed by atoms with van der Waals surface area (Å²) in [6.07, 6.45) is 0. The Morgan fingerprint density at radius 3 is 1.21 bits per heavy atom. The Bertz CT molecular complexity index is 1050. The number of ether oxygens (including phenoxy) is 2. The van der Waals surface area contributed by atoms with Crippen LogP contribution in [0.25, 0.3) is 10.8 Å². The molecule has 2 aromatic carbocycles. The molecule has 14 heteroatoms. The van der Waals surface area contributed by atoms with Crippen LogP contribution in [0.5, 0.6) is 0 Å². The van der Waals surface area contributed by atoms with Gasteiger partial charge in [0.15, 0.2) is 0 Å². The van der Waals surface area contributed by atoms with E-state index in [0.717, 1.165) is 38.5 Å². The molecule has 0 spiro atoms. The molecule has 2 rings (SSSR count). The zero-order valence-electron chi connectivity index (χ0n) is 15.2. The molecule has 0 saturated heterocycles. The third kappa shape index (κ3) is 5.33. The van der Waals surface area contributed by atoms with Gasteiger partial charge in [-0.2, -0.15) is 0 Å². The van der Waals surface area contributed by atoms with Crippen LogP contribution >= 0.6 is 0 Å². The van der Waals surface area contributed by atoms with Gasteiger partial charge in [0.25, 0.3) is 0 Å². The Labute approximate surface area is 204 Å². The van der Waals surface area contributed by atoms with Crippen molar-refractivity contribution >= 4 is 42.9 Å². The predicted octanol–water partition coefficient (Wildman–Crippen LogP) is -5.77. The van der Waals surface area contributed by atoms with E-state index in [1.54, 1.807) is 0 Å². The first kappa shape index (κ1) is 27.5. The Morgan fingerprint density at radius 1 is 0.714 bits per heavy atom. The van der Waals surface area contributed by atoms with Crippen molar-refractivity contribution in [1.82, 2.24) is 0 Å². The van der Waals surface area contributed by atoms with Gasteiger partial charge in [0.2, 0.25) is 0 Å². The van der Waals surface area contributed by atoms with Crippen molar-refractivity contribution in [3.05, 3.63) is 35.4 Å². The van der Waals surface area contributed by atoms with Crippen molar-refractivity contribution < 1.29 is 104 Å². The smallest absolute Gasteiger partial charge is 0.744 e. The van der Waals surface area contributed by atoms with E-state index in [1.807, 2.05) is 0 Å². The molecule has 0 aliphatic carbocycles. The maximum Gasteiger partial charge on any atom is 1.00 e. The average Bonchev–Trinajstić information content (AvgIpc) is 2.56. The normalized spacial score (nSPS) is 11.1. The van der Waals surface area contributed by atoms with Crippen molar-refractivity contribution in [3.8, 4) is 0 Å². The van der Waals surface area contributed by atoms with Crippen LogP contribution < -0.4 is 59.1 Å². The fourth-order valence-electron chi connectivity index (χ4n) is 2.43. The van der Waals surface area contributed by atoms with E-state index < -0.39 is 63.9 Å². The molecule has 0 bridgehead atoms. The first-order valence-corrected chi connectivity index (χ1v) is 9.43. The van der Waals surface area contributed by atoms with Gasteiger partial charge >= 0.3 is 71.1 Å². The summed E-state index contributed by atoms with van der Waals surface area (Å²) in [6, 6.07) is 3.48. The molecule has 0 aliphatic heterocycles. The van der Waals surface area contributed by atoms with Gasteiger partial charge in [0.05, 0.1) is 35.1 Å². The van der Waals surface area contributed by atoms with Crippen LogP contribution in [0.4, 0.5) is 0 Å². The molecule has 140 valence electrons. The molecule has 0 saturated carbocycles. The zero-order chi connectivity index (χ0) is 19.9. The summed E-state index contributed by atoms with van der Waals surface area (Å²) in [7, 11) is -8.67. The predicted molar refractivity (Wildman–Crippen MR) is 82.6 cm³/mol. The minimum absolute atomic E-state index is 0. The Kier molecular flexibility index (Phi) is 9.79. The Morgan fingerprint density at radius 2 is 1.00 bits per heavy atom. The molecule has 0 aromatic heterocycles. The second-order valence-electron chi connectivity index (χ2n) is 4.87. The number of fused-ring (bicyclic) bond motifs is 1. The quantitative estimate of drug-likeness (QED) is 0.250. The summed E-state index contributed by atoms with van der Waals surface area (Å²) < 4.78 is 78.7. The Hall–Kier alpha value is -0.540. The molecule has 2 aromatic rings. The van der Waals surface area contributed by atoms with Crippen molar-refractivity contribution in [1.29, 1.82) is 0 Å². The van der Waals surface area contributed by atoms with Crippen molar-refractivity contribution in [2.24, 2.45) is 0 Å². The number of benzene rings is 2. The second-order valence-corrected chi connectivity index (χ2v) is 7.50. The topological polar surface area (TPSA) is 167 Å². The summed E-state index contributed by atoms with van der Waals surface area (Å²) in [5.74, 6) is -2.32. The molecule has 0 aliphatic rings. The van der Waals surface area contributed by atoms with E-state index in [2.05, 4.69) is 9.47 Å². The molecule has 0 atom stereocenters. The molecule has 0 amide bonds. The maximum absolute atomic E-state index is 11.7. The standard InChI is InChI=1S/C14H12O10S2.2Na/c1-23-13(15)9-5-3-8-7(11(9)25(17,18)19)4-6-10(14(16)24-2)12(8)26(20,21)22;;/h3-6H,1-2H3,(H,17,18,19)(H,20,21,22);;/q;2*+1/p-2. The maximum atomic E-state index is 11.7. The second kappa shape index (κ2) is 9.98. The van der Waals surface area contributed by atoms with Gasteiger partial charge in [-0.25, -0.2) is 26.4 Å². The first-order valence-electron chi connectivity index (χ1n) is 6.61. The van der Waals surface area contributed by atoms with Crippen molar-refractivity contribution in [2.45, 2.75) is 9.79 Å². The van der Waals surface area contributed by atoms with Crippen LogP contribution in [-0.2, 0) is 29.7 Å². The van der Waals surface area contributed by atoms with Crippen molar-refractivity contribution in [3.63, 3.8) is 0 Å². The van der Waals surface area contributed by atoms with Crippen LogP contribution in [0.2, 0.25) is 0 Å². The number of hydrogen-bond acceptors (Lipinski definition) is 10. The largest absolute Gasteiger partial charge is 1.00 e. The van der Waals surface area contributed by atoms with Gasteiger partial charge in [-0.05, 0) is 12.1 Å². The van der Waals surface area contributed by atoms with Gasteiger partial charge < -0.3 is 18.6 Å². The minimum atomic E-state index is -5.28. The SMILES string of the molecule is COC(=O)c1ccc2c(S(=O)(=O)[O-])c(C(=O)OC)ccc2c1S(=O)(=O)[O-].[Na+].[Na+]. The third-order valence-corrected chi connectivity index (χ3v) is 5.29. The van der Waals surface area contributed by atoms with E-state index in [1.165, 1.54) is 0 Å². The van der Waals surface area contributed by atoms with Crippen LogP contribution in [0.3, 0.4) is 0 Å². The zero-order valence-corrected chi connectivity index (χ0v) is 20.8. The number of esters is 2. The van der Waals surface area contributed by atoms with E-state index in [0.29, 0.717) is 0 Å². The number of rotatable bonds is 4. The molecule has 0 unspecified atom stereocenters. The summed E-state index contributed by atoms with van der Waals surface area (Å²) >= 11 is 0. The van der Waals surface area contributed by atoms with Crippen LogP contribution in [0.15, 0.2) is 34.1 Å². The van der Waals surface area contributed by atoms with Crippen molar-refractivity contribution in [2.75, 3.05) is 14.2 Å². The van der Waals surface area contributed by atoms with Crippen LogP contribution in [0, 0.1) is 0 Å². The number of hydrogen-bond donors (Lipinski definition) is 0. The first-order chi connectivity index (χ1) is 11.9. The van der Waals surface area contributed by atoms with Gasteiger partial charge in [-0.3, -0.25) is 0 Å². The number of methoxy groups -OCH3 is 2. The summed E-state index contributed by atoms with van der Waals surface area (Å²) in [4.78, 5) is 21.4. The minimum Gasteiger partial charge on any atom is -0.744 e. The molecule has 0 N–H and O–H groups in total. The van der Waals surface area contributed by atoms with E-state index in [-0.39, 0.29) is 59.1 Å². The third-order valence-electron chi connectivity index (χ3n) is 3.41. The fourth-order valence-corrected chi connectivity index (χ4v) is 4.17. The van der Waals surface area contributed by atoms with E-state index >= 15 is 0 Å². The van der Waals surface area contributed by atoms with Gasteiger partial charge in [-0.15, -0.1) is 0 Å². The molecular weight excluding hydrogens is 438 g/mol. The molecule has 0 heterocycles. The van der Waals surface area contributed by atoms with Gasteiger partial charge in [0, 0.05) is 10.8 Å². The van der Waals surface area contributed by atoms with E-state index in [9.17, 15) is 35.5 Å².